The van der Waals surface area contributed by atoms with Gasteiger partial charge in [-0.25, -0.2) is 8.42 Å². The zero-order chi connectivity index (χ0) is 13.3. The second kappa shape index (κ2) is 6.93. The Kier molecular flexibility index (Phi) is 6.38. The molecule has 4 nitrogen and oxygen atoms in total. The van der Waals surface area contributed by atoms with Crippen LogP contribution in [0.4, 0.5) is 0 Å². The van der Waals surface area contributed by atoms with E-state index in [0.717, 1.165) is 0 Å². The summed E-state index contributed by atoms with van der Waals surface area (Å²) in [5.74, 6) is 0. The average Bonchev–Trinajstić information content (AvgIpc) is 2.37. The second-order valence-electron chi connectivity index (χ2n) is 3.83. The van der Waals surface area contributed by atoms with Crippen LogP contribution in [0, 0.1) is 0 Å². The molecule has 1 heterocycles. The highest BCUT2D eigenvalue weighted by molar-refractivity contribution is 9.10. The molecule has 0 amide bonds. The van der Waals surface area contributed by atoms with Crippen LogP contribution in [-0.2, 0) is 10.0 Å². The van der Waals surface area contributed by atoms with Crippen LogP contribution in [0.15, 0.2) is 21.5 Å². The summed E-state index contributed by atoms with van der Waals surface area (Å²) < 4.78 is 26.8. The summed E-state index contributed by atoms with van der Waals surface area (Å²) in [6, 6.07) is 3.05. The maximum atomic E-state index is 12.4. The third-order valence-corrected chi connectivity index (χ3v) is 6.52. The van der Waals surface area contributed by atoms with Crippen molar-refractivity contribution < 1.29 is 8.42 Å². The molecule has 0 radical (unpaired) electrons. The van der Waals surface area contributed by atoms with E-state index in [1.54, 1.807) is 6.07 Å². The van der Waals surface area contributed by atoms with Crippen molar-refractivity contribution >= 4 is 61.6 Å². The minimum Gasteiger partial charge on any atom is -0.314 e. The predicted molar refractivity (Wildman–Crippen MR) is 83.0 cm³/mol. The lowest BCUT2D eigenvalue weighted by Crippen LogP contribution is -2.46. The number of nitrogens with zero attached hydrogens (tertiary/aromatic N) is 1. The fourth-order valence-corrected chi connectivity index (χ4v) is 4.36. The smallest absolute Gasteiger partial charge is 0.244 e. The first kappa shape index (κ1) is 17.5. The van der Waals surface area contributed by atoms with Gasteiger partial charge in [0.15, 0.2) is 0 Å². The molecule has 19 heavy (non-hydrogen) atoms. The van der Waals surface area contributed by atoms with Crippen molar-refractivity contribution in [3.05, 3.63) is 26.7 Å². The number of hydrogen-bond donors (Lipinski definition) is 1. The first-order valence-electron chi connectivity index (χ1n) is 5.29. The molecule has 9 heteroatoms. The van der Waals surface area contributed by atoms with E-state index in [4.69, 9.17) is 23.2 Å². The fraction of sp³-hybridized carbons (Fsp3) is 0.400. The lowest BCUT2D eigenvalue weighted by molar-refractivity contribution is 0.360. The number of sulfonamides is 1. The molecule has 1 N–H and O–H groups in total. The van der Waals surface area contributed by atoms with Gasteiger partial charge in [-0.15, -0.1) is 12.4 Å². The van der Waals surface area contributed by atoms with Crippen LogP contribution in [0.1, 0.15) is 0 Å². The molecular formula is C10H12BrCl3N2O2S. The normalized spacial score (nSPS) is 17.0. The summed E-state index contributed by atoms with van der Waals surface area (Å²) in [7, 11) is -3.58. The first-order valence-corrected chi connectivity index (χ1v) is 8.28. The van der Waals surface area contributed by atoms with Crippen molar-refractivity contribution in [2.75, 3.05) is 26.2 Å². The fourth-order valence-electron chi connectivity index (χ4n) is 1.73. The Morgan fingerprint density at radius 2 is 1.74 bits per heavy atom. The zero-order valence-electron chi connectivity index (χ0n) is 9.70. The monoisotopic (exact) mass is 408 g/mol. The van der Waals surface area contributed by atoms with E-state index < -0.39 is 10.0 Å². The van der Waals surface area contributed by atoms with Crippen molar-refractivity contribution in [3.8, 4) is 0 Å². The van der Waals surface area contributed by atoms with Crippen LogP contribution < -0.4 is 5.32 Å². The van der Waals surface area contributed by atoms with Gasteiger partial charge < -0.3 is 5.32 Å². The van der Waals surface area contributed by atoms with E-state index >= 15 is 0 Å². The standard InChI is InChI=1S/C10H11BrCl2N2O2S.ClH/c11-7-1-2-8(10(13)9(7)12)18(16,17)15-5-3-14-4-6-15;/h1-2,14H,3-6H2;1H. The minimum absolute atomic E-state index is 0. The van der Waals surface area contributed by atoms with E-state index in [-0.39, 0.29) is 27.3 Å². The van der Waals surface area contributed by atoms with Crippen LogP contribution in [0.2, 0.25) is 10.0 Å². The summed E-state index contributed by atoms with van der Waals surface area (Å²) in [6.45, 7) is 2.15. The molecule has 0 spiro atoms. The lowest BCUT2D eigenvalue weighted by atomic mass is 10.4. The number of rotatable bonds is 2. The van der Waals surface area contributed by atoms with Crippen LogP contribution in [0.5, 0.6) is 0 Å². The molecule has 0 aliphatic carbocycles. The molecule has 1 saturated heterocycles. The van der Waals surface area contributed by atoms with Gasteiger partial charge in [-0.05, 0) is 28.1 Å². The van der Waals surface area contributed by atoms with Gasteiger partial charge in [0.2, 0.25) is 10.0 Å². The molecule has 0 unspecified atom stereocenters. The maximum Gasteiger partial charge on any atom is 0.244 e. The molecule has 2 rings (SSSR count). The summed E-state index contributed by atoms with van der Waals surface area (Å²) in [5.41, 5.74) is 0. The maximum absolute atomic E-state index is 12.4. The largest absolute Gasteiger partial charge is 0.314 e. The molecule has 1 aromatic rings. The quantitative estimate of drug-likeness (QED) is 0.763. The van der Waals surface area contributed by atoms with Gasteiger partial charge in [0, 0.05) is 30.7 Å². The summed E-state index contributed by atoms with van der Waals surface area (Å²) in [5, 5.41) is 3.38. The van der Waals surface area contributed by atoms with Crippen molar-refractivity contribution in [2.24, 2.45) is 0 Å². The number of hydrogen-bond acceptors (Lipinski definition) is 3. The summed E-state index contributed by atoms with van der Waals surface area (Å²) in [6.07, 6.45) is 0. The number of benzene rings is 1. The zero-order valence-corrected chi connectivity index (χ0v) is 14.4. The molecule has 0 aromatic heterocycles. The Morgan fingerprint density at radius 1 is 1.16 bits per heavy atom. The van der Waals surface area contributed by atoms with Crippen LogP contribution >= 0.6 is 51.5 Å². The lowest BCUT2D eigenvalue weighted by Gasteiger charge is -2.27. The Morgan fingerprint density at radius 3 is 2.32 bits per heavy atom. The Labute approximate surface area is 137 Å². The number of nitrogens with one attached hydrogen (secondary N) is 1. The molecule has 108 valence electrons. The van der Waals surface area contributed by atoms with E-state index in [1.807, 2.05) is 0 Å². The highest BCUT2D eigenvalue weighted by Gasteiger charge is 2.29. The topological polar surface area (TPSA) is 49.4 Å². The van der Waals surface area contributed by atoms with Crippen molar-refractivity contribution in [2.45, 2.75) is 4.90 Å². The third-order valence-electron chi connectivity index (χ3n) is 2.69. The number of halogens is 4. The predicted octanol–water partition coefficient (Wildman–Crippen LogP) is 2.77. The molecule has 1 aliphatic heterocycles. The summed E-state index contributed by atoms with van der Waals surface area (Å²) >= 11 is 15.2. The van der Waals surface area contributed by atoms with Crippen molar-refractivity contribution in [1.82, 2.24) is 9.62 Å². The Hall–Kier alpha value is 0.440. The number of piperazine rings is 1. The average molecular weight is 411 g/mol. The van der Waals surface area contributed by atoms with E-state index in [9.17, 15) is 8.42 Å². The van der Waals surface area contributed by atoms with E-state index in [0.29, 0.717) is 30.7 Å². The van der Waals surface area contributed by atoms with Crippen LogP contribution in [0.3, 0.4) is 0 Å². The molecule has 0 saturated carbocycles. The van der Waals surface area contributed by atoms with Gasteiger partial charge in [-0.2, -0.15) is 4.31 Å². The minimum atomic E-state index is -3.58. The van der Waals surface area contributed by atoms with E-state index in [1.165, 1.54) is 10.4 Å². The molecule has 1 aromatic carbocycles. The molecule has 0 atom stereocenters. The molecule has 1 aliphatic rings. The van der Waals surface area contributed by atoms with Gasteiger partial charge in [0.25, 0.3) is 0 Å². The highest BCUT2D eigenvalue weighted by atomic mass is 79.9. The molecular weight excluding hydrogens is 398 g/mol. The second-order valence-corrected chi connectivity index (χ2v) is 7.34. The van der Waals surface area contributed by atoms with Gasteiger partial charge in [0.05, 0.1) is 10.0 Å². The summed E-state index contributed by atoms with van der Waals surface area (Å²) in [4.78, 5) is 0.0549. The Balaban J connectivity index is 0.00000180. The van der Waals surface area contributed by atoms with E-state index in [2.05, 4.69) is 21.2 Å². The van der Waals surface area contributed by atoms with Crippen LogP contribution in [0.25, 0.3) is 0 Å². The van der Waals surface area contributed by atoms with Gasteiger partial charge in [0.1, 0.15) is 4.90 Å². The highest BCUT2D eigenvalue weighted by Crippen LogP contribution is 2.36. The van der Waals surface area contributed by atoms with Crippen LogP contribution in [-0.4, -0.2) is 38.9 Å². The van der Waals surface area contributed by atoms with Crippen molar-refractivity contribution in [1.29, 1.82) is 0 Å². The van der Waals surface area contributed by atoms with Gasteiger partial charge >= 0.3 is 0 Å². The SMILES string of the molecule is Cl.O=S(=O)(c1ccc(Br)c(Cl)c1Cl)N1CCNCC1. The third kappa shape index (κ3) is 3.56. The Bertz CT molecular complexity index is 562. The van der Waals surface area contributed by atoms with Gasteiger partial charge in [-0.1, -0.05) is 23.2 Å². The first-order chi connectivity index (χ1) is 8.44. The van der Waals surface area contributed by atoms with Crippen molar-refractivity contribution in [3.63, 3.8) is 0 Å². The molecule has 1 fully saturated rings. The van der Waals surface area contributed by atoms with Gasteiger partial charge in [-0.3, -0.25) is 0 Å². The molecule has 0 bridgehead atoms.